The summed E-state index contributed by atoms with van der Waals surface area (Å²) in [6, 6.07) is 14.4. The average molecular weight is 480 g/mol. The summed E-state index contributed by atoms with van der Waals surface area (Å²) in [5, 5.41) is 13.2. The molecule has 2 aromatic carbocycles. The molecule has 3 N–H and O–H groups in total. The molecule has 0 radical (unpaired) electrons. The maximum Gasteiger partial charge on any atom is 0.228 e. The van der Waals surface area contributed by atoms with Crippen molar-refractivity contribution >= 4 is 23.2 Å². The number of fused-ring (bicyclic) bond motifs is 3. The van der Waals surface area contributed by atoms with Crippen molar-refractivity contribution in [3.63, 3.8) is 0 Å². The molecule has 1 amide bonds. The first-order valence-corrected chi connectivity index (χ1v) is 12.6. The Kier molecular flexibility index (Phi) is 6.17. The van der Waals surface area contributed by atoms with Gasteiger partial charge in [-0.15, -0.1) is 0 Å². The molecule has 0 aliphatic carbocycles. The van der Waals surface area contributed by atoms with Crippen LogP contribution >= 0.6 is 0 Å². The number of nitrogens with zero attached hydrogens (tertiary/aromatic N) is 4. The van der Waals surface area contributed by atoms with Crippen molar-refractivity contribution in [1.29, 1.82) is 0 Å². The molecule has 0 atom stereocenters. The van der Waals surface area contributed by atoms with Gasteiger partial charge in [-0.1, -0.05) is 24.3 Å². The van der Waals surface area contributed by atoms with E-state index in [1.165, 1.54) is 31.5 Å². The second-order valence-corrected chi connectivity index (χ2v) is 9.51. The lowest BCUT2D eigenvalue weighted by Gasteiger charge is -2.15. The molecule has 4 aromatic rings. The topological polar surface area (TPSA) is 98.8 Å². The molecule has 182 valence electrons. The number of benzene rings is 2. The summed E-state index contributed by atoms with van der Waals surface area (Å²) >= 11 is 0. The number of carbonyl (C=O) groups is 1. The van der Waals surface area contributed by atoms with E-state index >= 15 is 0 Å². The van der Waals surface area contributed by atoms with Crippen LogP contribution in [0.5, 0.6) is 0 Å². The number of hydrogen-bond acceptors (Lipinski definition) is 6. The Morgan fingerprint density at radius 1 is 1.00 bits per heavy atom. The molecular formula is C28H29N7O. The highest BCUT2D eigenvalue weighted by Crippen LogP contribution is 2.34. The molecule has 6 rings (SSSR count). The molecule has 8 heteroatoms. The van der Waals surface area contributed by atoms with Crippen LogP contribution in [0.4, 0.5) is 17.3 Å². The number of aromatic amines is 1. The standard InChI is InChI=1S/C28H29N7O/c36-26-15-21-16-29-28(32-23-8-6-20(7-9-23)22-17-30-31-18-22)34-27(21)24-10-5-19(14-25(24)33-26)4-3-13-35-11-1-2-12-35/h5-10,14,16-18H,1-4,11-13,15H2,(H,30,31)(H,33,36)(H,29,32,34). The number of nitrogens with one attached hydrogen (secondary N) is 3. The van der Waals surface area contributed by atoms with Crippen LogP contribution in [0.2, 0.25) is 0 Å². The molecule has 0 unspecified atom stereocenters. The number of rotatable bonds is 7. The Morgan fingerprint density at radius 2 is 1.86 bits per heavy atom. The molecule has 0 bridgehead atoms. The smallest absolute Gasteiger partial charge is 0.228 e. The van der Waals surface area contributed by atoms with E-state index in [0.717, 1.165) is 58.7 Å². The average Bonchev–Trinajstić information content (AvgIpc) is 3.59. The van der Waals surface area contributed by atoms with Crippen molar-refractivity contribution in [2.75, 3.05) is 30.3 Å². The van der Waals surface area contributed by atoms with Gasteiger partial charge < -0.3 is 15.5 Å². The third-order valence-electron chi connectivity index (χ3n) is 6.94. The van der Waals surface area contributed by atoms with Gasteiger partial charge in [0.2, 0.25) is 11.9 Å². The van der Waals surface area contributed by atoms with Gasteiger partial charge in [-0.2, -0.15) is 5.10 Å². The predicted molar refractivity (Wildman–Crippen MR) is 141 cm³/mol. The van der Waals surface area contributed by atoms with Crippen LogP contribution in [0, 0.1) is 0 Å². The van der Waals surface area contributed by atoms with E-state index in [1.54, 1.807) is 12.4 Å². The van der Waals surface area contributed by atoms with Crippen molar-refractivity contribution < 1.29 is 4.79 Å². The van der Waals surface area contributed by atoms with Crippen LogP contribution in [0.3, 0.4) is 0 Å². The normalized spacial score (nSPS) is 15.2. The molecule has 1 fully saturated rings. The van der Waals surface area contributed by atoms with Gasteiger partial charge in [0, 0.05) is 34.8 Å². The van der Waals surface area contributed by atoms with E-state index in [-0.39, 0.29) is 12.3 Å². The summed E-state index contributed by atoms with van der Waals surface area (Å²) in [6.07, 6.45) is 10.4. The summed E-state index contributed by atoms with van der Waals surface area (Å²) in [7, 11) is 0. The van der Waals surface area contributed by atoms with Gasteiger partial charge in [0.25, 0.3) is 0 Å². The number of aromatic nitrogens is 4. The van der Waals surface area contributed by atoms with Gasteiger partial charge in [-0.25, -0.2) is 9.97 Å². The highest BCUT2D eigenvalue weighted by molar-refractivity contribution is 6.00. The molecule has 8 nitrogen and oxygen atoms in total. The Bertz CT molecular complexity index is 1360. The summed E-state index contributed by atoms with van der Waals surface area (Å²) in [6.45, 7) is 3.58. The lowest BCUT2D eigenvalue weighted by Crippen LogP contribution is -2.20. The van der Waals surface area contributed by atoms with E-state index in [0.29, 0.717) is 5.95 Å². The molecular weight excluding hydrogens is 450 g/mol. The second kappa shape index (κ2) is 9.91. The van der Waals surface area contributed by atoms with Gasteiger partial charge >= 0.3 is 0 Å². The molecule has 0 spiro atoms. The van der Waals surface area contributed by atoms with Crippen LogP contribution < -0.4 is 10.6 Å². The van der Waals surface area contributed by atoms with Crippen molar-refractivity contribution in [3.05, 3.63) is 72.2 Å². The van der Waals surface area contributed by atoms with E-state index in [1.807, 2.05) is 30.5 Å². The lowest BCUT2D eigenvalue weighted by atomic mass is 10.0. The first-order chi connectivity index (χ1) is 17.7. The predicted octanol–water partition coefficient (Wildman–Crippen LogP) is 4.80. The third kappa shape index (κ3) is 4.85. The fourth-order valence-electron chi connectivity index (χ4n) is 5.05. The third-order valence-corrected chi connectivity index (χ3v) is 6.94. The van der Waals surface area contributed by atoms with E-state index in [9.17, 15) is 4.79 Å². The van der Waals surface area contributed by atoms with Crippen molar-refractivity contribution in [3.8, 4) is 22.4 Å². The highest BCUT2D eigenvalue weighted by atomic mass is 16.1. The number of likely N-dealkylation sites (tertiary alicyclic amines) is 1. The Hall–Kier alpha value is -4.04. The monoisotopic (exact) mass is 479 g/mol. The van der Waals surface area contributed by atoms with Crippen molar-refractivity contribution in [2.24, 2.45) is 0 Å². The van der Waals surface area contributed by atoms with Gasteiger partial charge in [-0.3, -0.25) is 9.89 Å². The summed E-state index contributed by atoms with van der Waals surface area (Å²) in [5.74, 6) is 0.461. The molecule has 2 aromatic heterocycles. The second-order valence-electron chi connectivity index (χ2n) is 9.51. The molecule has 1 saturated heterocycles. The zero-order chi connectivity index (χ0) is 24.3. The van der Waals surface area contributed by atoms with Crippen molar-refractivity contribution in [1.82, 2.24) is 25.1 Å². The largest absolute Gasteiger partial charge is 0.325 e. The first kappa shape index (κ1) is 22.4. The van der Waals surface area contributed by atoms with E-state index in [4.69, 9.17) is 4.98 Å². The summed E-state index contributed by atoms with van der Waals surface area (Å²) < 4.78 is 0. The SMILES string of the molecule is O=C1Cc2cnc(Nc3ccc(-c4cn[nH]c4)cc3)nc2-c2ccc(CCCN3CCCC3)cc2N1. The van der Waals surface area contributed by atoms with Crippen LogP contribution in [-0.2, 0) is 17.6 Å². The maximum atomic E-state index is 12.6. The van der Waals surface area contributed by atoms with Gasteiger partial charge in [0.05, 0.1) is 24.0 Å². The Morgan fingerprint density at radius 3 is 2.67 bits per heavy atom. The summed E-state index contributed by atoms with van der Waals surface area (Å²) in [4.78, 5) is 24.5. The molecule has 2 aliphatic heterocycles. The van der Waals surface area contributed by atoms with E-state index in [2.05, 4.69) is 48.9 Å². The Labute approximate surface area is 210 Å². The molecule has 4 heterocycles. The molecule has 2 aliphatic rings. The summed E-state index contributed by atoms with van der Waals surface area (Å²) in [5.41, 5.74) is 7.61. The minimum atomic E-state index is -0.0386. The minimum Gasteiger partial charge on any atom is -0.325 e. The Balaban J connectivity index is 1.21. The van der Waals surface area contributed by atoms with E-state index < -0.39 is 0 Å². The fourth-order valence-corrected chi connectivity index (χ4v) is 5.05. The zero-order valence-electron chi connectivity index (χ0n) is 20.1. The number of H-pyrrole nitrogens is 1. The highest BCUT2D eigenvalue weighted by Gasteiger charge is 2.21. The van der Waals surface area contributed by atoms with Crippen molar-refractivity contribution in [2.45, 2.75) is 32.1 Å². The van der Waals surface area contributed by atoms with Crippen LogP contribution in [0.1, 0.15) is 30.4 Å². The number of hydrogen-bond donors (Lipinski definition) is 3. The number of amides is 1. The quantitative estimate of drug-likeness (QED) is 0.352. The lowest BCUT2D eigenvalue weighted by molar-refractivity contribution is -0.115. The molecule has 36 heavy (non-hydrogen) atoms. The van der Waals surface area contributed by atoms with Crippen LogP contribution in [0.25, 0.3) is 22.4 Å². The zero-order valence-corrected chi connectivity index (χ0v) is 20.1. The number of carbonyl (C=O) groups excluding carboxylic acids is 1. The van der Waals surface area contributed by atoms with Crippen LogP contribution in [0.15, 0.2) is 61.1 Å². The maximum absolute atomic E-state index is 12.6. The fraction of sp³-hybridized carbons (Fsp3) is 0.286. The van der Waals surface area contributed by atoms with Gasteiger partial charge in [0.15, 0.2) is 0 Å². The molecule has 0 saturated carbocycles. The van der Waals surface area contributed by atoms with Gasteiger partial charge in [0.1, 0.15) is 0 Å². The van der Waals surface area contributed by atoms with Gasteiger partial charge in [-0.05, 0) is 74.6 Å². The van der Waals surface area contributed by atoms with Crippen LogP contribution in [-0.4, -0.2) is 50.6 Å². The number of aryl methyl sites for hydroxylation is 1. The first-order valence-electron chi connectivity index (χ1n) is 12.6. The minimum absolute atomic E-state index is 0.0386. The number of anilines is 3.